The number of rotatable bonds is 6. The normalized spacial score (nSPS) is 12.2. The van der Waals surface area contributed by atoms with Crippen LogP contribution in [0.4, 0.5) is 0 Å². The van der Waals surface area contributed by atoms with E-state index in [0.29, 0.717) is 6.54 Å². The second kappa shape index (κ2) is 6.46. The summed E-state index contributed by atoms with van der Waals surface area (Å²) in [5.41, 5.74) is 0. The Morgan fingerprint density at radius 3 is 2.46 bits per heavy atom. The number of amides is 1. The fourth-order valence-electron chi connectivity index (χ4n) is 1.22. The van der Waals surface area contributed by atoms with Crippen LogP contribution in [0, 0.1) is 5.92 Å². The lowest BCUT2D eigenvalue weighted by Crippen LogP contribution is -2.28. The minimum atomic E-state index is -0.802. The van der Waals surface area contributed by atoms with E-state index in [2.05, 4.69) is 5.32 Å². The van der Waals surface area contributed by atoms with E-state index in [9.17, 15) is 9.59 Å². The van der Waals surface area contributed by atoms with Gasteiger partial charge in [-0.25, -0.2) is 0 Å². The van der Waals surface area contributed by atoms with Gasteiger partial charge in [-0.1, -0.05) is 13.3 Å². The molecule has 76 valence electrons. The maximum atomic E-state index is 10.6. The first-order chi connectivity index (χ1) is 6.06. The molecule has 1 atom stereocenters. The minimum Gasteiger partial charge on any atom is -0.481 e. The first-order valence-corrected chi connectivity index (χ1v) is 4.52. The SMILES string of the molecule is CCCC(CNC(C)=O)CC(=O)O. The van der Waals surface area contributed by atoms with E-state index in [1.54, 1.807) is 0 Å². The zero-order valence-electron chi connectivity index (χ0n) is 8.17. The lowest BCUT2D eigenvalue weighted by molar-refractivity contribution is -0.138. The maximum Gasteiger partial charge on any atom is 0.303 e. The highest BCUT2D eigenvalue weighted by Crippen LogP contribution is 2.09. The highest BCUT2D eigenvalue weighted by Gasteiger charge is 2.12. The molecule has 0 spiro atoms. The standard InChI is InChI=1S/C9H17NO3/c1-3-4-8(5-9(12)13)6-10-7(2)11/h8H,3-6H2,1-2H3,(H,10,11)(H,12,13). The number of carboxylic acid groups (broad SMARTS) is 1. The summed E-state index contributed by atoms with van der Waals surface area (Å²) >= 11 is 0. The molecule has 1 unspecified atom stereocenters. The van der Waals surface area contributed by atoms with Crippen LogP contribution in [0.5, 0.6) is 0 Å². The topological polar surface area (TPSA) is 66.4 Å². The van der Waals surface area contributed by atoms with Crippen molar-refractivity contribution in [3.8, 4) is 0 Å². The molecule has 0 fully saturated rings. The molecule has 0 saturated heterocycles. The molecule has 0 aromatic heterocycles. The van der Waals surface area contributed by atoms with Crippen LogP contribution < -0.4 is 5.32 Å². The average Bonchev–Trinajstić information content (AvgIpc) is 1.99. The smallest absolute Gasteiger partial charge is 0.303 e. The number of carbonyl (C=O) groups is 2. The zero-order valence-corrected chi connectivity index (χ0v) is 8.17. The van der Waals surface area contributed by atoms with E-state index in [-0.39, 0.29) is 18.2 Å². The Bertz CT molecular complexity index is 180. The Morgan fingerprint density at radius 2 is 2.08 bits per heavy atom. The number of carboxylic acids is 1. The van der Waals surface area contributed by atoms with Crippen LogP contribution in [0.1, 0.15) is 33.1 Å². The predicted octanol–water partition coefficient (Wildman–Crippen LogP) is 1.01. The van der Waals surface area contributed by atoms with Crippen molar-refractivity contribution >= 4 is 11.9 Å². The Balaban J connectivity index is 3.79. The van der Waals surface area contributed by atoms with E-state index >= 15 is 0 Å². The molecular formula is C9H17NO3. The fraction of sp³-hybridized carbons (Fsp3) is 0.778. The van der Waals surface area contributed by atoms with Gasteiger partial charge < -0.3 is 10.4 Å². The van der Waals surface area contributed by atoms with E-state index in [4.69, 9.17) is 5.11 Å². The molecule has 2 N–H and O–H groups in total. The largest absolute Gasteiger partial charge is 0.481 e. The van der Waals surface area contributed by atoms with Gasteiger partial charge in [0.15, 0.2) is 0 Å². The molecular weight excluding hydrogens is 170 g/mol. The summed E-state index contributed by atoms with van der Waals surface area (Å²) in [6.07, 6.45) is 1.91. The molecule has 0 radical (unpaired) electrons. The molecule has 0 aromatic rings. The van der Waals surface area contributed by atoms with Crippen molar-refractivity contribution in [2.45, 2.75) is 33.1 Å². The molecule has 1 amide bonds. The molecule has 0 aliphatic carbocycles. The van der Waals surface area contributed by atoms with Crippen LogP contribution in [-0.4, -0.2) is 23.5 Å². The Morgan fingerprint density at radius 1 is 1.46 bits per heavy atom. The van der Waals surface area contributed by atoms with Crippen LogP contribution in [0.2, 0.25) is 0 Å². The lowest BCUT2D eigenvalue weighted by Gasteiger charge is -2.13. The molecule has 13 heavy (non-hydrogen) atoms. The number of carbonyl (C=O) groups excluding carboxylic acids is 1. The third-order valence-electron chi connectivity index (χ3n) is 1.80. The third-order valence-corrected chi connectivity index (χ3v) is 1.80. The van der Waals surface area contributed by atoms with Gasteiger partial charge in [0.2, 0.25) is 5.91 Å². The van der Waals surface area contributed by atoms with Crippen molar-refractivity contribution < 1.29 is 14.7 Å². The molecule has 0 aromatic carbocycles. The van der Waals surface area contributed by atoms with E-state index < -0.39 is 5.97 Å². The van der Waals surface area contributed by atoms with Crippen molar-refractivity contribution in [2.24, 2.45) is 5.92 Å². The van der Waals surface area contributed by atoms with E-state index in [0.717, 1.165) is 12.8 Å². The summed E-state index contributed by atoms with van der Waals surface area (Å²) in [6.45, 7) is 3.90. The molecule has 4 nitrogen and oxygen atoms in total. The molecule has 0 aliphatic heterocycles. The highest BCUT2D eigenvalue weighted by atomic mass is 16.4. The van der Waals surface area contributed by atoms with E-state index in [1.165, 1.54) is 6.92 Å². The van der Waals surface area contributed by atoms with Gasteiger partial charge in [0.1, 0.15) is 0 Å². The quantitative estimate of drug-likeness (QED) is 0.652. The first kappa shape index (κ1) is 11.9. The lowest BCUT2D eigenvalue weighted by atomic mass is 10.00. The summed E-state index contributed by atoms with van der Waals surface area (Å²) < 4.78 is 0. The van der Waals surface area contributed by atoms with Gasteiger partial charge >= 0.3 is 5.97 Å². The van der Waals surface area contributed by atoms with Gasteiger partial charge in [-0.05, 0) is 12.3 Å². The Labute approximate surface area is 78.3 Å². The van der Waals surface area contributed by atoms with E-state index in [1.807, 2.05) is 6.92 Å². The molecule has 0 heterocycles. The van der Waals surface area contributed by atoms with Crippen LogP contribution in [0.15, 0.2) is 0 Å². The van der Waals surface area contributed by atoms with Crippen molar-refractivity contribution in [3.63, 3.8) is 0 Å². The molecule has 0 saturated carbocycles. The van der Waals surface area contributed by atoms with Crippen LogP contribution >= 0.6 is 0 Å². The summed E-state index contributed by atoms with van der Waals surface area (Å²) in [5.74, 6) is -0.846. The average molecular weight is 187 g/mol. The summed E-state index contributed by atoms with van der Waals surface area (Å²) in [5, 5.41) is 11.2. The van der Waals surface area contributed by atoms with Crippen LogP contribution in [-0.2, 0) is 9.59 Å². The zero-order chi connectivity index (χ0) is 10.3. The van der Waals surface area contributed by atoms with Crippen LogP contribution in [0.25, 0.3) is 0 Å². The van der Waals surface area contributed by atoms with Gasteiger partial charge in [-0.15, -0.1) is 0 Å². The summed E-state index contributed by atoms with van der Waals surface area (Å²) in [4.78, 5) is 21.0. The van der Waals surface area contributed by atoms with Crippen molar-refractivity contribution in [1.29, 1.82) is 0 Å². The van der Waals surface area contributed by atoms with Crippen molar-refractivity contribution in [1.82, 2.24) is 5.32 Å². The monoisotopic (exact) mass is 187 g/mol. The van der Waals surface area contributed by atoms with Gasteiger partial charge in [0.05, 0.1) is 0 Å². The summed E-state index contributed by atoms with van der Waals surface area (Å²) in [6, 6.07) is 0. The Hall–Kier alpha value is -1.06. The number of hydrogen-bond donors (Lipinski definition) is 2. The number of hydrogen-bond acceptors (Lipinski definition) is 2. The minimum absolute atomic E-state index is 0.0615. The number of aliphatic carboxylic acids is 1. The summed E-state index contributed by atoms with van der Waals surface area (Å²) in [7, 11) is 0. The molecule has 0 rings (SSSR count). The second-order valence-corrected chi connectivity index (χ2v) is 3.19. The highest BCUT2D eigenvalue weighted by molar-refractivity contribution is 5.73. The van der Waals surface area contributed by atoms with Gasteiger partial charge in [0, 0.05) is 19.9 Å². The van der Waals surface area contributed by atoms with Gasteiger partial charge in [-0.2, -0.15) is 0 Å². The molecule has 4 heteroatoms. The number of nitrogens with one attached hydrogen (secondary N) is 1. The Kier molecular flexibility index (Phi) is 5.93. The third kappa shape index (κ3) is 7.31. The first-order valence-electron chi connectivity index (χ1n) is 4.52. The van der Waals surface area contributed by atoms with Gasteiger partial charge in [0.25, 0.3) is 0 Å². The molecule has 0 bridgehead atoms. The second-order valence-electron chi connectivity index (χ2n) is 3.19. The predicted molar refractivity (Wildman–Crippen MR) is 49.3 cm³/mol. The van der Waals surface area contributed by atoms with Crippen molar-refractivity contribution in [2.75, 3.05) is 6.54 Å². The fourth-order valence-corrected chi connectivity index (χ4v) is 1.22. The van der Waals surface area contributed by atoms with Crippen LogP contribution in [0.3, 0.4) is 0 Å². The van der Waals surface area contributed by atoms with Gasteiger partial charge in [-0.3, -0.25) is 9.59 Å². The van der Waals surface area contributed by atoms with Crippen molar-refractivity contribution in [3.05, 3.63) is 0 Å². The maximum absolute atomic E-state index is 10.6. The molecule has 0 aliphatic rings.